The molecule has 0 unspecified atom stereocenters. The first-order chi connectivity index (χ1) is 28.7. The van der Waals surface area contributed by atoms with Crippen molar-refractivity contribution < 1.29 is 79.1 Å². The van der Waals surface area contributed by atoms with Gasteiger partial charge in [-0.25, -0.2) is 40.7 Å². The van der Waals surface area contributed by atoms with Crippen LogP contribution in [0.25, 0.3) is 20.9 Å². The minimum Gasteiger partial charge on any atom is -0.504 e. The number of carbonyl (C=O) groups is 4. The standard InChI is InChI=1S/C20H12F4O4S.C13H11F2NO2S.C8H6F2O3/c1-8-2-3-11(16(23)15(8)22)19-14(20(27)28)9(7-29-19)6-13(25)10-4-5-12(21)17(24)18(10)26;1-6-3-4-7(11(15)10(6)14)12-9(13(17)18-2)8(16)5-19-12;1-13-7-4(8(11)12)2-3-5(9)6(7)10/h2-5,7,26H,6H2,1H3,(H,27,28);3-5H,16H2,1-2H3;2-3H,1H3,(H,11,12). The van der Waals surface area contributed by atoms with Gasteiger partial charge in [0.25, 0.3) is 0 Å². The van der Waals surface area contributed by atoms with Gasteiger partial charge in [0.2, 0.25) is 11.6 Å². The minimum atomic E-state index is -1.60. The van der Waals surface area contributed by atoms with E-state index in [1.165, 1.54) is 56.0 Å². The summed E-state index contributed by atoms with van der Waals surface area (Å²) in [5.74, 6) is -15.8. The minimum absolute atomic E-state index is 0.00481. The average molecular weight is 896 g/mol. The zero-order valence-electron chi connectivity index (χ0n) is 31.7. The van der Waals surface area contributed by atoms with Gasteiger partial charge in [-0.2, -0.15) is 8.78 Å². The summed E-state index contributed by atoms with van der Waals surface area (Å²) in [5.41, 5.74) is 4.52. The van der Waals surface area contributed by atoms with E-state index in [2.05, 4.69) is 9.47 Å². The molecule has 6 aromatic rings. The highest BCUT2D eigenvalue weighted by atomic mass is 32.1. The zero-order chi connectivity index (χ0) is 45.6. The average Bonchev–Trinajstić information content (AvgIpc) is 3.82. The molecule has 0 atom stereocenters. The van der Waals surface area contributed by atoms with Crippen molar-refractivity contribution in [3.63, 3.8) is 0 Å². The molecule has 0 amide bonds. The second-order valence-corrected chi connectivity index (χ2v) is 14.1. The number of Topliss-reactive ketones (excluding diaryl/α,β-unsaturated/α-hetero) is 1. The second-order valence-electron chi connectivity index (χ2n) is 12.4. The molecule has 20 heteroatoms. The van der Waals surface area contributed by atoms with Gasteiger partial charge in [0, 0.05) is 22.9 Å². The molecule has 0 bridgehead atoms. The van der Waals surface area contributed by atoms with Gasteiger partial charge in [0.05, 0.1) is 40.8 Å². The fraction of sp³-hybridized carbons (Fsp3) is 0.122. The number of nitrogens with two attached hydrogens (primary N) is 1. The Balaban J connectivity index is 0.000000220. The number of thiophene rings is 2. The smallest absolute Gasteiger partial charge is 0.341 e. The van der Waals surface area contributed by atoms with Crippen molar-refractivity contribution in [3.05, 3.63) is 145 Å². The second kappa shape index (κ2) is 19.5. The number of carbonyl (C=O) groups excluding carboxylic acids is 2. The number of benzene rings is 4. The first-order valence-electron chi connectivity index (χ1n) is 16.8. The molecule has 6 rings (SSSR count). The van der Waals surface area contributed by atoms with E-state index in [-0.39, 0.29) is 48.8 Å². The van der Waals surface area contributed by atoms with Crippen LogP contribution < -0.4 is 10.5 Å². The van der Waals surface area contributed by atoms with Crippen LogP contribution >= 0.6 is 22.7 Å². The van der Waals surface area contributed by atoms with Crippen LogP contribution in [-0.4, -0.2) is 53.2 Å². The highest BCUT2D eigenvalue weighted by molar-refractivity contribution is 7.14. The summed E-state index contributed by atoms with van der Waals surface area (Å²) >= 11 is 1.87. The first kappa shape index (κ1) is 46.9. The van der Waals surface area contributed by atoms with E-state index >= 15 is 0 Å². The summed E-state index contributed by atoms with van der Waals surface area (Å²) in [7, 11) is 2.28. The summed E-state index contributed by atoms with van der Waals surface area (Å²) in [6.07, 6.45) is -0.577. The van der Waals surface area contributed by atoms with E-state index in [1.807, 2.05) is 0 Å². The van der Waals surface area contributed by atoms with E-state index < -0.39 is 105 Å². The molecule has 320 valence electrons. The SMILES string of the molecule is COC(=O)c1c(N)csc1-c1ccc(C)c(F)c1F.COc1c(C(=O)O)ccc(F)c1F.Cc1ccc(-c2scc(CC(=O)c3ccc(F)c(F)c3O)c2C(=O)O)c(F)c1F. The van der Waals surface area contributed by atoms with Gasteiger partial charge in [-0.05, 0) is 60.2 Å². The van der Waals surface area contributed by atoms with Crippen molar-refractivity contribution in [1.82, 2.24) is 0 Å². The van der Waals surface area contributed by atoms with Gasteiger partial charge in [0.15, 0.2) is 52.2 Å². The van der Waals surface area contributed by atoms with Crippen molar-refractivity contribution in [2.24, 2.45) is 0 Å². The van der Waals surface area contributed by atoms with Crippen LogP contribution in [-0.2, 0) is 11.2 Å². The molecule has 0 radical (unpaired) electrons. The third-order valence-corrected chi connectivity index (χ3v) is 10.6. The molecular formula is C41H29F8NO9S2. The lowest BCUT2D eigenvalue weighted by Gasteiger charge is -2.08. The van der Waals surface area contributed by atoms with Crippen LogP contribution in [0.4, 0.5) is 40.8 Å². The maximum Gasteiger partial charge on any atom is 0.341 e. The van der Waals surface area contributed by atoms with Crippen LogP contribution in [0.15, 0.2) is 59.3 Å². The molecule has 0 aliphatic heterocycles. The van der Waals surface area contributed by atoms with E-state index in [0.717, 1.165) is 48.0 Å². The molecular weight excluding hydrogens is 867 g/mol. The Kier molecular flexibility index (Phi) is 15.0. The Bertz CT molecular complexity index is 2700. The van der Waals surface area contributed by atoms with Gasteiger partial charge >= 0.3 is 17.9 Å². The summed E-state index contributed by atoms with van der Waals surface area (Å²) in [5, 5.41) is 30.5. The monoisotopic (exact) mass is 895 g/mol. The lowest BCUT2D eigenvalue weighted by atomic mass is 9.98. The normalized spacial score (nSPS) is 10.6. The maximum atomic E-state index is 14.3. The molecule has 61 heavy (non-hydrogen) atoms. The Morgan fingerprint density at radius 3 is 1.61 bits per heavy atom. The number of esters is 1. The molecule has 2 aromatic heterocycles. The van der Waals surface area contributed by atoms with Crippen molar-refractivity contribution in [3.8, 4) is 32.4 Å². The van der Waals surface area contributed by atoms with Gasteiger partial charge in [-0.1, -0.05) is 24.3 Å². The fourth-order valence-electron chi connectivity index (χ4n) is 5.41. The number of methoxy groups -OCH3 is 2. The van der Waals surface area contributed by atoms with Crippen molar-refractivity contribution in [1.29, 1.82) is 0 Å². The van der Waals surface area contributed by atoms with Gasteiger partial charge in [-0.15, -0.1) is 22.7 Å². The predicted molar refractivity (Wildman–Crippen MR) is 207 cm³/mol. The number of rotatable bonds is 9. The first-order valence-corrected chi connectivity index (χ1v) is 18.6. The van der Waals surface area contributed by atoms with Crippen LogP contribution in [0.3, 0.4) is 0 Å². The Morgan fingerprint density at radius 2 is 1.11 bits per heavy atom. The number of anilines is 1. The number of aromatic hydroxyl groups is 1. The number of nitrogen functional groups attached to an aromatic ring is 1. The van der Waals surface area contributed by atoms with Crippen molar-refractivity contribution in [2.75, 3.05) is 20.0 Å². The van der Waals surface area contributed by atoms with E-state index in [4.69, 9.17) is 10.8 Å². The highest BCUT2D eigenvalue weighted by Gasteiger charge is 2.27. The summed E-state index contributed by atoms with van der Waals surface area (Å²) in [6, 6.07) is 8.61. The lowest BCUT2D eigenvalue weighted by Crippen LogP contribution is -2.09. The van der Waals surface area contributed by atoms with Gasteiger partial charge in [-0.3, -0.25) is 4.79 Å². The Morgan fingerprint density at radius 1 is 0.623 bits per heavy atom. The molecule has 5 N–H and O–H groups in total. The van der Waals surface area contributed by atoms with E-state index in [1.54, 1.807) is 0 Å². The number of aryl methyl sites for hydroxylation is 2. The molecule has 0 aliphatic carbocycles. The molecule has 0 saturated carbocycles. The van der Waals surface area contributed by atoms with Gasteiger partial charge < -0.3 is 30.5 Å². The topological polar surface area (TPSA) is 173 Å². The molecule has 10 nitrogen and oxygen atoms in total. The Hall–Kier alpha value is -6.80. The number of carboxylic acid groups (broad SMARTS) is 2. The van der Waals surface area contributed by atoms with Crippen LogP contribution in [0.2, 0.25) is 0 Å². The van der Waals surface area contributed by atoms with Crippen LogP contribution in [0.5, 0.6) is 11.5 Å². The number of carboxylic acids is 2. The Labute approximate surface area is 347 Å². The number of phenols is 1. The van der Waals surface area contributed by atoms with Crippen LogP contribution in [0, 0.1) is 60.4 Å². The highest BCUT2D eigenvalue weighted by Crippen LogP contribution is 2.39. The maximum absolute atomic E-state index is 14.3. The van der Waals surface area contributed by atoms with E-state index in [9.17, 15) is 64.5 Å². The molecule has 0 aliphatic rings. The number of hydrogen-bond donors (Lipinski definition) is 4. The van der Waals surface area contributed by atoms with E-state index in [0.29, 0.717) is 6.07 Å². The third kappa shape index (κ3) is 9.82. The van der Waals surface area contributed by atoms with Gasteiger partial charge in [0.1, 0.15) is 11.1 Å². The zero-order valence-corrected chi connectivity index (χ0v) is 33.3. The van der Waals surface area contributed by atoms with Crippen molar-refractivity contribution >= 4 is 52.1 Å². The molecule has 2 heterocycles. The third-order valence-electron chi connectivity index (χ3n) is 8.54. The predicted octanol–water partition coefficient (Wildman–Crippen LogP) is 10.2. The lowest BCUT2D eigenvalue weighted by molar-refractivity contribution is 0.0601. The number of hydrogen-bond acceptors (Lipinski definition) is 10. The molecule has 4 aromatic carbocycles. The number of ketones is 1. The summed E-state index contributed by atoms with van der Waals surface area (Å²) < 4.78 is 117. The fourth-order valence-corrected chi connectivity index (χ4v) is 7.46. The van der Waals surface area contributed by atoms with Crippen molar-refractivity contribution in [2.45, 2.75) is 20.3 Å². The quantitative estimate of drug-likeness (QED) is 0.0622. The number of halogens is 8. The number of aromatic carboxylic acids is 2. The molecule has 0 fully saturated rings. The van der Waals surface area contributed by atoms with Crippen LogP contribution in [0.1, 0.15) is 58.1 Å². The number of ether oxygens (including phenoxy) is 2. The molecule has 0 spiro atoms. The largest absolute Gasteiger partial charge is 0.504 e. The summed E-state index contributed by atoms with van der Waals surface area (Å²) in [6.45, 7) is 2.82. The number of phenolic OH excluding ortho intramolecular Hbond substituents is 1. The summed E-state index contributed by atoms with van der Waals surface area (Å²) in [4.78, 5) is 46.4. The molecule has 0 saturated heterocycles.